The lowest BCUT2D eigenvalue weighted by atomic mass is 9.63. The fourth-order valence-corrected chi connectivity index (χ4v) is 5.47. The molecule has 1 heterocycles. The molecule has 1 saturated carbocycles. The van der Waals surface area contributed by atoms with Crippen LogP contribution in [-0.4, -0.2) is 68.6 Å². The first-order valence-corrected chi connectivity index (χ1v) is 12.2. The maximum absolute atomic E-state index is 12.6. The average Bonchev–Trinajstić information content (AvgIpc) is 3.24. The van der Waals surface area contributed by atoms with Gasteiger partial charge < -0.3 is 30.1 Å². The predicted molar refractivity (Wildman–Crippen MR) is 137 cm³/mol. The Morgan fingerprint density at radius 2 is 1.85 bits per heavy atom. The molecule has 0 bridgehead atoms. The fourth-order valence-electron chi connectivity index (χ4n) is 5.47. The maximum Gasteiger partial charge on any atom is 0.490 e. The summed E-state index contributed by atoms with van der Waals surface area (Å²) in [4.78, 5) is 23.9. The number of carboxylic acid groups (broad SMARTS) is 1. The third-order valence-electron chi connectivity index (χ3n) is 7.16. The van der Waals surface area contributed by atoms with E-state index in [1.165, 1.54) is 5.56 Å². The number of urea groups is 1. The van der Waals surface area contributed by atoms with Crippen molar-refractivity contribution in [2.24, 2.45) is 5.92 Å². The maximum atomic E-state index is 12.6. The third kappa shape index (κ3) is 7.11. The molecule has 3 atom stereocenters. The van der Waals surface area contributed by atoms with Gasteiger partial charge >= 0.3 is 18.2 Å². The number of aliphatic carboxylic acids is 1. The molecule has 210 valence electrons. The summed E-state index contributed by atoms with van der Waals surface area (Å²) >= 11 is 0. The largest absolute Gasteiger partial charge is 0.493 e. The molecule has 2 amide bonds. The number of likely N-dealkylation sites (N-methyl/N-ethyl adjacent to an activating group) is 1. The predicted octanol–water partition coefficient (Wildman–Crippen LogP) is 4.38. The monoisotopic (exact) mass is 548 g/mol. The number of likely N-dealkylation sites (tertiary alicyclic amines) is 1. The number of anilines is 1. The van der Waals surface area contributed by atoms with E-state index in [9.17, 15) is 18.0 Å². The topological polar surface area (TPSA) is 124 Å². The van der Waals surface area contributed by atoms with Crippen LogP contribution in [0.3, 0.4) is 0 Å². The molecule has 0 radical (unpaired) electrons. The Labute approximate surface area is 224 Å². The number of benzene rings is 2. The number of halogens is 3. The molecule has 2 aromatic rings. The van der Waals surface area contributed by atoms with E-state index in [0.29, 0.717) is 17.2 Å². The number of carbonyl (C=O) groups excluding carboxylic acids is 1. The standard InChI is InChI=1S/C25H30N4O3.C2HF3O2/c1-29-15-19-12-21(28-24(30)27-20-6-4-5-17(11-20)14-26)9-10-25(19,16-29)18-7-8-22(31-2)23(13-18)32-3;3-2(4,5)1(6)7/h4-8,11,13,19,21H,9-10,12,15-16H2,1-3H3,(H2,27,28,30);(H,6,7). The number of nitriles is 1. The highest BCUT2D eigenvalue weighted by Gasteiger charge is 2.50. The van der Waals surface area contributed by atoms with Gasteiger partial charge in [0, 0.05) is 30.2 Å². The molecule has 1 saturated heterocycles. The van der Waals surface area contributed by atoms with Gasteiger partial charge in [-0.3, -0.25) is 0 Å². The number of carbonyl (C=O) groups is 2. The van der Waals surface area contributed by atoms with Gasteiger partial charge in [0.1, 0.15) is 0 Å². The van der Waals surface area contributed by atoms with E-state index in [4.69, 9.17) is 24.6 Å². The zero-order valence-electron chi connectivity index (χ0n) is 21.8. The molecule has 39 heavy (non-hydrogen) atoms. The molecule has 0 aromatic heterocycles. The van der Waals surface area contributed by atoms with E-state index in [2.05, 4.69) is 40.8 Å². The Morgan fingerprint density at radius 3 is 2.46 bits per heavy atom. The molecule has 2 aliphatic rings. The summed E-state index contributed by atoms with van der Waals surface area (Å²) in [5.74, 6) is -0.825. The Hall–Kier alpha value is -3.98. The molecule has 1 aliphatic heterocycles. The number of methoxy groups -OCH3 is 2. The van der Waals surface area contributed by atoms with Crippen LogP contribution in [-0.2, 0) is 10.2 Å². The van der Waals surface area contributed by atoms with E-state index >= 15 is 0 Å². The summed E-state index contributed by atoms with van der Waals surface area (Å²) in [5.41, 5.74) is 2.47. The van der Waals surface area contributed by atoms with Gasteiger partial charge in [-0.2, -0.15) is 18.4 Å². The van der Waals surface area contributed by atoms with Crippen molar-refractivity contribution in [1.82, 2.24) is 10.2 Å². The number of amides is 2. The second kappa shape index (κ2) is 12.3. The van der Waals surface area contributed by atoms with Crippen LogP contribution >= 0.6 is 0 Å². The first-order chi connectivity index (χ1) is 18.4. The molecule has 2 aromatic carbocycles. The number of nitrogens with zero attached hydrogens (tertiary/aromatic N) is 2. The number of carboxylic acids is 1. The highest BCUT2D eigenvalue weighted by Crippen LogP contribution is 2.49. The minimum Gasteiger partial charge on any atom is -0.493 e. The zero-order valence-corrected chi connectivity index (χ0v) is 21.8. The molecule has 2 fully saturated rings. The fraction of sp³-hybridized carbons (Fsp3) is 0.444. The van der Waals surface area contributed by atoms with Crippen LogP contribution in [0.1, 0.15) is 30.4 Å². The quantitative estimate of drug-likeness (QED) is 0.507. The minimum absolute atomic E-state index is 0.0457. The average molecular weight is 549 g/mol. The molecular formula is C27H31F3N4O5. The van der Waals surface area contributed by atoms with Crippen molar-refractivity contribution in [2.75, 3.05) is 39.7 Å². The Bertz CT molecular complexity index is 1230. The number of fused-ring (bicyclic) bond motifs is 1. The highest BCUT2D eigenvalue weighted by atomic mass is 19.4. The van der Waals surface area contributed by atoms with E-state index in [1.807, 2.05) is 6.07 Å². The van der Waals surface area contributed by atoms with Crippen LogP contribution in [0.4, 0.5) is 23.7 Å². The molecule has 3 N–H and O–H groups in total. The van der Waals surface area contributed by atoms with Gasteiger partial charge in [-0.05, 0) is 68.1 Å². The Kier molecular flexibility index (Phi) is 9.29. The Morgan fingerprint density at radius 1 is 1.15 bits per heavy atom. The van der Waals surface area contributed by atoms with Gasteiger partial charge in [0.25, 0.3) is 0 Å². The summed E-state index contributed by atoms with van der Waals surface area (Å²) in [7, 11) is 5.49. The minimum atomic E-state index is -5.08. The van der Waals surface area contributed by atoms with E-state index in [0.717, 1.165) is 43.9 Å². The third-order valence-corrected chi connectivity index (χ3v) is 7.16. The number of alkyl halides is 3. The number of nitrogens with one attached hydrogen (secondary N) is 2. The van der Waals surface area contributed by atoms with Gasteiger partial charge in [-0.25, -0.2) is 9.59 Å². The number of hydrogen-bond acceptors (Lipinski definition) is 6. The van der Waals surface area contributed by atoms with E-state index < -0.39 is 12.1 Å². The van der Waals surface area contributed by atoms with Crippen molar-refractivity contribution < 1.29 is 37.3 Å². The molecule has 4 rings (SSSR count). The lowest BCUT2D eigenvalue weighted by molar-refractivity contribution is -0.192. The van der Waals surface area contributed by atoms with Crippen molar-refractivity contribution in [2.45, 2.75) is 36.9 Å². The van der Waals surface area contributed by atoms with Crippen LogP contribution in [0, 0.1) is 17.2 Å². The molecule has 0 spiro atoms. The smallest absolute Gasteiger partial charge is 0.490 e. The summed E-state index contributed by atoms with van der Waals surface area (Å²) in [6, 6.07) is 15.2. The van der Waals surface area contributed by atoms with E-state index in [-0.39, 0.29) is 17.5 Å². The molecule has 1 aliphatic carbocycles. The lowest BCUT2D eigenvalue weighted by Gasteiger charge is -2.42. The molecule has 3 unspecified atom stereocenters. The van der Waals surface area contributed by atoms with Crippen LogP contribution in [0.15, 0.2) is 42.5 Å². The molecule has 9 nitrogen and oxygen atoms in total. The number of hydrogen-bond donors (Lipinski definition) is 3. The summed E-state index contributed by atoms with van der Waals surface area (Å²) < 4.78 is 42.7. The first-order valence-electron chi connectivity index (χ1n) is 12.2. The number of rotatable bonds is 5. The first kappa shape index (κ1) is 29.6. The van der Waals surface area contributed by atoms with Crippen molar-refractivity contribution >= 4 is 17.7 Å². The lowest BCUT2D eigenvalue weighted by Crippen LogP contribution is -2.48. The Balaban J connectivity index is 0.000000532. The summed E-state index contributed by atoms with van der Waals surface area (Å²) in [6.07, 6.45) is -2.26. The van der Waals surface area contributed by atoms with Crippen LogP contribution in [0.2, 0.25) is 0 Å². The highest BCUT2D eigenvalue weighted by molar-refractivity contribution is 5.89. The number of ether oxygens (including phenoxy) is 2. The zero-order chi connectivity index (χ0) is 28.8. The summed E-state index contributed by atoms with van der Waals surface area (Å²) in [6.45, 7) is 1.99. The molecular weight excluding hydrogens is 517 g/mol. The second-order valence-electron chi connectivity index (χ2n) is 9.68. The summed E-state index contributed by atoms with van der Waals surface area (Å²) in [5, 5.41) is 22.2. The van der Waals surface area contributed by atoms with Gasteiger partial charge in [0.05, 0.1) is 25.9 Å². The van der Waals surface area contributed by atoms with Crippen LogP contribution < -0.4 is 20.1 Å². The molecule has 12 heteroatoms. The second-order valence-corrected chi connectivity index (χ2v) is 9.68. The SMILES string of the molecule is COc1ccc(C23CCC(NC(=O)Nc4cccc(C#N)c4)CC2CN(C)C3)cc1OC.O=C(O)C(F)(F)F. The van der Waals surface area contributed by atoms with Crippen molar-refractivity contribution in [3.8, 4) is 17.6 Å². The van der Waals surface area contributed by atoms with Crippen molar-refractivity contribution in [3.05, 3.63) is 53.6 Å². The van der Waals surface area contributed by atoms with Gasteiger partial charge in [-0.1, -0.05) is 12.1 Å². The van der Waals surface area contributed by atoms with Crippen molar-refractivity contribution in [3.63, 3.8) is 0 Å². The van der Waals surface area contributed by atoms with Gasteiger partial charge in [0.2, 0.25) is 0 Å². The van der Waals surface area contributed by atoms with Crippen molar-refractivity contribution in [1.29, 1.82) is 5.26 Å². The van der Waals surface area contributed by atoms with Crippen LogP contribution in [0.5, 0.6) is 11.5 Å². The van der Waals surface area contributed by atoms with Gasteiger partial charge in [0.15, 0.2) is 11.5 Å². The normalized spacial score (nSPS) is 22.4. The van der Waals surface area contributed by atoms with Gasteiger partial charge in [-0.15, -0.1) is 0 Å². The van der Waals surface area contributed by atoms with Crippen LogP contribution in [0.25, 0.3) is 0 Å². The van der Waals surface area contributed by atoms with E-state index in [1.54, 1.807) is 38.5 Å².